The molecular weight excluding hydrogens is 352 g/mol. The van der Waals surface area contributed by atoms with E-state index in [-0.39, 0.29) is 24.1 Å². The maximum Gasteiger partial charge on any atom is 0.292 e. The van der Waals surface area contributed by atoms with E-state index >= 15 is 0 Å². The largest absolute Gasteiger partial charge is 0.311 e. The molecule has 0 N–H and O–H groups in total. The van der Waals surface area contributed by atoms with Gasteiger partial charge in [0.2, 0.25) is 11.8 Å². The predicted octanol–water partition coefficient (Wildman–Crippen LogP) is 1.29. The third-order valence-electron chi connectivity index (χ3n) is 4.74. The standard InChI is InChI=1S/C18H18N4O3S/c1-20-16(24)11-26-14-9-19-22(18(25)17(14)20)10-15(23)21-8-4-6-12-5-2-3-7-13(12)21/h2-3,5,7,9H,4,6,8,10-11H2,1H3. The van der Waals surface area contributed by atoms with Crippen LogP contribution in [0.1, 0.15) is 12.0 Å². The van der Waals surface area contributed by atoms with Crippen LogP contribution in [-0.4, -0.2) is 40.9 Å². The highest BCUT2D eigenvalue weighted by molar-refractivity contribution is 8.00. The summed E-state index contributed by atoms with van der Waals surface area (Å²) in [5.74, 6) is -0.0178. The summed E-state index contributed by atoms with van der Waals surface area (Å²) in [6.07, 6.45) is 3.39. The summed E-state index contributed by atoms with van der Waals surface area (Å²) in [6.45, 7) is 0.483. The highest BCUT2D eigenvalue weighted by Crippen LogP contribution is 2.31. The average molecular weight is 370 g/mol. The molecule has 8 heteroatoms. The van der Waals surface area contributed by atoms with Crippen molar-refractivity contribution in [3.63, 3.8) is 0 Å². The summed E-state index contributed by atoms with van der Waals surface area (Å²) in [6, 6.07) is 7.83. The Morgan fingerprint density at radius 2 is 2.08 bits per heavy atom. The number of carbonyl (C=O) groups excluding carboxylic acids is 2. The van der Waals surface area contributed by atoms with Gasteiger partial charge in [-0.25, -0.2) is 4.68 Å². The first kappa shape index (κ1) is 16.8. The van der Waals surface area contributed by atoms with Gasteiger partial charge in [0.25, 0.3) is 5.56 Å². The maximum atomic E-state index is 12.8. The van der Waals surface area contributed by atoms with Crippen molar-refractivity contribution in [2.45, 2.75) is 24.3 Å². The number of hydrogen-bond acceptors (Lipinski definition) is 5. The lowest BCUT2D eigenvalue weighted by molar-refractivity contribution is -0.119. The monoisotopic (exact) mass is 370 g/mol. The molecule has 0 radical (unpaired) electrons. The summed E-state index contributed by atoms with van der Waals surface area (Å²) in [7, 11) is 1.58. The number of anilines is 2. The van der Waals surface area contributed by atoms with Gasteiger partial charge in [-0.1, -0.05) is 18.2 Å². The summed E-state index contributed by atoms with van der Waals surface area (Å²) in [4.78, 5) is 41.2. The van der Waals surface area contributed by atoms with Crippen LogP contribution in [0.25, 0.3) is 0 Å². The molecule has 134 valence electrons. The van der Waals surface area contributed by atoms with Crippen molar-refractivity contribution in [2.24, 2.45) is 0 Å². The number of amides is 2. The molecule has 0 saturated carbocycles. The van der Waals surface area contributed by atoms with Crippen LogP contribution in [0.4, 0.5) is 11.4 Å². The number of benzene rings is 1. The number of rotatable bonds is 2. The molecule has 2 aromatic rings. The van der Waals surface area contributed by atoms with E-state index in [2.05, 4.69) is 5.10 Å². The molecule has 4 rings (SSSR count). The fourth-order valence-corrected chi connectivity index (χ4v) is 4.31. The zero-order valence-electron chi connectivity index (χ0n) is 14.3. The molecule has 26 heavy (non-hydrogen) atoms. The molecule has 0 aliphatic carbocycles. The fourth-order valence-electron chi connectivity index (χ4n) is 3.36. The van der Waals surface area contributed by atoms with Crippen molar-refractivity contribution in [2.75, 3.05) is 29.1 Å². The Morgan fingerprint density at radius 1 is 1.27 bits per heavy atom. The Labute approximate surface area is 154 Å². The van der Waals surface area contributed by atoms with Crippen molar-refractivity contribution in [1.82, 2.24) is 9.78 Å². The first-order valence-corrected chi connectivity index (χ1v) is 9.42. The average Bonchev–Trinajstić information content (AvgIpc) is 2.66. The van der Waals surface area contributed by atoms with E-state index < -0.39 is 5.56 Å². The van der Waals surface area contributed by atoms with Gasteiger partial charge in [0.05, 0.1) is 16.8 Å². The van der Waals surface area contributed by atoms with Crippen LogP contribution >= 0.6 is 11.8 Å². The van der Waals surface area contributed by atoms with Gasteiger partial charge < -0.3 is 9.80 Å². The number of aromatic nitrogens is 2. The fraction of sp³-hybridized carbons (Fsp3) is 0.333. The summed E-state index contributed by atoms with van der Waals surface area (Å²) in [5.41, 5.74) is 1.93. The Kier molecular flexibility index (Phi) is 4.28. The van der Waals surface area contributed by atoms with Crippen molar-refractivity contribution in [3.8, 4) is 0 Å². The topological polar surface area (TPSA) is 75.5 Å². The van der Waals surface area contributed by atoms with Gasteiger partial charge in [0, 0.05) is 19.3 Å². The van der Waals surface area contributed by atoms with Gasteiger partial charge in [0.1, 0.15) is 12.2 Å². The first-order chi connectivity index (χ1) is 12.6. The van der Waals surface area contributed by atoms with Gasteiger partial charge >= 0.3 is 0 Å². The van der Waals surface area contributed by atoms with E-state index in [1.54, 1.807) is 18.1 Å². The van der Waals surface area contributed by atoms with E-state index in [0.717, 1.165) is 28.8 Å². The minimum atomic E-state index is -0.413. The predicted molar refractivity (Wildman–Crippen MR) is 99.7 cm³/mol. The van der Waals surface area contributed by atoms with E-state index in [1.165, 1.54) is 16.7 Å². The molecule has 2 aliphatic heterocycles. The molecule has 1 aromatic carbocycles. The molecule has 0 bridgehead atoms. The number of fused-ring (bicyclic) bond motifs is 2. The van der Waals surface area contributed by atoms with Crippen molar-refractivity contribution in [3.05, 3.63) is 46.4 Å². The molecular formula is C18H18N4O3S. The van der Waals surface area contributed by atoms with Gasteiger partial charge in [-0.05, 0) is 24.5 Å². The molecule has 0 saturated heterocycles. The molecule has 0 fully saturated rings. The van der Waals surface area contributed by atoms with Crippen LogP contribution in [0.15, 0.2) is 40.2 Å². The maximum absolute atomic E-state index is 12.8. The normalized spacial score (nSPS) is 16.3. The Bertz CT molecular complexity index is 956. The lowest BCUT2D eigenvalue weighted by Crippen LogP contribution is -2.43. The molecule has 7 nitrogen and oxygen atoms in total. The SMILES string of the molecule is CN1C(=O)CSc2cnn(CC(=O)N3CCCc4ccccc43)c(=O)c21. The van der Waals surface area contributed by atoms with Crippen LogP contribution in [0, 0.1) is 0 Å². The molecule has 2 amide bonds. The highest BCUT2D eigenvalue weighted by atomic mass is 32.2. The molecule has 3 heterocycles. The van der Waals surface area contributed by atoms with Crippen molar-refractivity contribution < 1.29 is 9.59 Å². The second-order valence-electron chi connectivity index (χ2n) is 6.34. The lowest BCUT2D eigenvalue weighted by Gasteiger charge is -2.30. The van der Waals surface area contributed by atoms with E-state index in [0.29, 0.717) is 17.1 Å². The third kappa shape index (κ3) is 2.80. The number of thioether (sulfide) groups is 1. The van der Waals surface area contributed by atoms with Gasteiger partial charge in [-0.15, -0.1) is 11.8 Å². The zero-order valence-corrected chi connectivity index (χ0v) is 15.2. The second kappa shape index (κ2) is 6.60. The summed E-state index contributed by atoms with van der Waals surface area (Å²) in [5, 5.41) is 4.14. The highest BCUT2D eigenvalue weighted by Gasteiger charge is 2.28. The number of carbonyl (C=O) groups is 2. The second-order valence-corrected chi connectivity index (χ2v) is 7.36. The van der Waals surface area contributed by atoms with Gasteiger partial charge in [0.15, 0.2) is 0 Å². The number of aryl methyl sites for hydroxylation is 1. The molecule has 1 aromatic heterocycles. The number of para-hydroxylation sites is 1. The molecule has 0 spiro atoms. The zero-order chi connectivity index (χ0) is 18.3. The van der Waals surface area contributed by atoms with Gasteiger partial charge in [-0.3, -0.25) is 14.4 Å². The van der Waals surface area contributed by atoms with Crippen molar-refractivity contribution in [1.29, 1.82) is 0 Å². The third-order valence-corrected chi connectivity index (χ3v) is 5.74. The van der Waals surface area contributed by atoms with Crippen LogP contribution < -0.4 is 15.4 Å². The minimum absolute atomic E-state index is 0.131. The minimum Gasteiger partial charge on any atom is -0.311 e. The smallest absolute Gasteiger partial charge is 0.292 e. The quantitative estimate of drug-likeness (QED) is 0.796. The van der Waals surface area contributed by atoms with Crippen LogP contribution in [-0.2, 0) is 22.6 Å². The summed E-state index contributed by atoms with van der Waals surface area (Å²) >= 11 is 1.30. The van der Waals surface area contributed by atoms with E-state index in [1.807, 2.05) is 24.3 Å². The Balaban J connectivity index is 1.64. The first-order valence-electron chi connectivity index (χ1n) is 8.44. The molecule has 2 aliphatic rings. The van der Waals surface area contributed by atoms with E-state index in [4.69, 9.17) is 0 Å². The summed E-state index contributed by atoms with van der Waals surface area (Å²) < 4.78 is 1.15. The van der Waals surface area contributed by atoms with Crippen molar-refractivity contribution >= 4 is 35.0 Å². The van der Waals surface area contributed by atoms with Crippen LogP contribution in [0.2, 0.25) is 0 Å². The number of hydrogen-bond donors (Lipinski definition) is 0. The lowest BCUT2D eigenvalue weighted by atomic mass is 10.0. The Morgan fingerprint density at radius 3 is 2.92 bits per heavy atom. The molecule has 0 unspecified atom stereocenters. The molecule has 0 atom stereocenters. The van der Waals surface area contributed by atoms with Gasteiger partial charge in [-0.2, -0.15) is 5.10 Å². The van der Waals surface area contributed by atoms with E-state index in [9.17, 15) is 14.4 Å². The number of nitrogens with zero attached hydrogens (tertiary/aromatic N) is 4. The Hall–Kier alpha value is -2.61. The van der Waals surface area contributed by atoms with Crippen LogP contribution in [0.3, 0.4) is 0 Å². The van der Waals surface area contributed by atoms with Crippen LogP contribution in [0.5, 0.6) is 0 Å².